The van der Waals surface area contributed by atoms with E-state index in [0.29, 0.717) is 5.92 Å². The predicted octanol–water partition coefficient (Wildman–Crippen LogP) is 3.81. The van der Waals surface area contributed by atoms with Crippen LogP contribution in [-0.2, 0) is 11.2 Å². The summed E-state index contributed by atoms with van der Waals surface area (Å²) in [5, 5.41) is 9.16. The van der Waals surface area contributed by atoms with Gasteiger partial charge in [0.25, 0.3) is 0 Å². The smallest absolute Gasteiger partial charge is 0.306 e. The van der Waals surface area contributed by atoms with E-state index in [4.69, 9.17) is 5.11 Å². The average Bonchev–Trinajstić information content (AvgIpc) is 2.63. The van der Waals surface area contributed by atoms with E-state index in [1.165, 1.54) is 11.1 Å². The molecule has 2 aromatic rings. The maximum absolute atomic E-state index is 11.1. The number of aliphatic carboxylic acids is 1. The van der Waals surface area contributed by atoms with Crippen molar-refractivity contribution in [2.75, 3.05) is 19.6 Å². The second-order valence-corrected chi connectivity index (χ2v) is 6.71. The zero-order valence-electron chi connectivity index (χ0n) is 14.0. The van der Waals surface area contributed by atoms with E-state index in [2.05, 4.69) is 65.6 Å². The fraction of sp³-hybridized carbons (Fsp3) is 0.381. The zero-order chi connectivity index (χ0) is 16.8. The molecule has 2 aromatic carbocycles. The summed E-state index contributed by atoms with van der Waals surface area (Å²) >= 11 is 0. The summed E-state index contributed by atoms with van der Waals surface area (Å²) in [5.41, 5.74) is 2.72. The highest BCUT2D eigenvalue weighted by Gasteiger charge is 2.26. The summed E-state index contributed by atoms with van der Waals surface area (Å²) in [6.45, 7) is 2.76. The van der Waals surface area contributed by atoms with Crippen molar-refractivity contribution in [3.8, 4) is 0 Å². The Hall–Kier alpha value is -2.13. The lowest BCUT2D eigenvalue weighted by Crippen LogP contribution is -2.38. The van der Waals surface area contributed by atoms with Crippen LogP contribution in [0.1, 0.15) is 29.9 Å². The van der Waals surface area contributed by atoms with Crippen LogP contribution in [0.15, 0.2) is 60.7 Å². The molecule has 1 unspecified atom stereocenters. The van der Waals surface area contributed by atoms with Crippen molar-refractivity contribution in [2.45, 2.75) is 25.2 Å². The van der Waals surface area contributed by atoms with E-state index in [-0.39, 0.29) is 5.92 Å². The molecule has 0 aromatic heterocycles. The van der Waals surface area contributed by atoms with Crippen LogP contribution in [0.3, 0.4) is 0 Å². The largest absolute Gasteiger partial charge is 0.481 e. The van der Waals surface area contributed by atoms with Gasteiger partial charge in [0.15, 0.2) is 0 Å². The predicted molar refractivity (Wildman–Crippen MR) is 96.1 cm³/mol. The molecule has 1 saturated heterocycles. The van der Waals surface area contributed by atoms with Gasteiger partial charge in [-0.25, -0.2) is 0 Å². The second-order valence-electron chi connectivity index (χ2n) is 6.71. The van der Waals surface area contributed by atoms with Gasteiger partial charge in [-0.05, 0) is 43.5 Å². The molecule has 1 atom stereocenters. The lowest BCUT2D eigenvalue weighted by Gasteiger charge is -2.33. The van der Waals surface area contributed by atoms with Gasteiger partial charge in [-0.15, -0.1) is 0 Å². The highest BCUT2D eigenvalue weighted by atomic mass is 16.4. The molecule has 0 radical (unpaired) electrons. The van der Waals surface area contributed by atoms with E-state index >= 15 is 0 Å². The highest BCUT2D eigenvalue weighted by molar-refractivity contribution is 5.70. The Labute approximate surface area is 143 Å². The average molecular weight is 323 g/mol. The van der Waals surface area contributed by atoms with Gasteiger partial charge in [0.2, 0.25) is 0 Å². The van der Waals surface area contributed by atoms with Gasteiger partial charge in [0.1, 0.15) is 0 Å². The molecule has 24 heavy (non-hydrogen) atoms. The summed E-state index contributed by atoms with van der Waals surface area (Å²) in [6.07, 6.45) is 2.55. The number of likely N-dealkylation sites (tertiary alicyclic amines) is 1. The molecule has 126 valence electrons. The molecule has 1 fully saturated rings. The van der Waals surface area contributed by atoms with Crippen LogP contribution in [0.2, 0.25) is 0 Å². The lowest BCUT2D eigenvalue weighted by atomic mass is 9.90. The fourth-order valence-electron chi connectivity index (χ4n) is 3.59. The van der Waals surface area contributed by atoms with Crippen LogP contribution in [0.25, 0.3) is 0 Å². The number of carbonyl (C=O) groups is 1. The molecular formula is C21H25NO2. The van der Waals surface area contributed by atoms with Crippen LogP contribution >= 0.6 is 0 Å². The van der Waals surface area contributed by atoms with Gasteiger partial charge in [-0.1, -0.05) is 60.7 Å². The quantitative estimate of drug-likeness (QED) is 0.879. The number of carboxylic acid groups (broad SMARTS) is 1. The van der Waals surface area contributed by atoms with Crippen molar-refractivity contribution >= 4 is 5.97 Å². The third-order valence-electron chi connectivity index (χ3n) is 5.01. The maximum atomic E-state index is 11.1. The summed E-state index contributed by atoms with van der Waals surface area (Å²) in [7, 11) is 0. The standard InChI is InChI=1S/C21H25NO2/c23-21(24)19-11-13-22(14-12-19)16-20(18-9-5-2-6-10-18)15-17-7-3-1-4-8-17/h1-10,19-20H,11-16H2,(H,23,24). The third-order valence-corrected chi connectivity index (χ3v) is 5.01. The van der Waals surface area contributed by atoms with Gasteiger partial charge in [0.05, 0.1) is 5.92 Å². The van der Waals surface area contributed by atoms with Crippen molar-refractivity contribution in [3.05, 3.63) is 71.8 Å². The minimum Gasteiger partial charge on any atom is -0.481 e. The van der Waals surface area contributed by atoms with Crippen LogP contribution in [0, 0.1) is 5.92 Å². The van der Waals surface area contributed by atoms with Crippen LogP contribution < -0.4 is 0 Å². The maximum Gasteiger partial charge on any atom is 0.306 e. The molecule has 0 spiro atoms. The molecular weight excluding hydrogens is 298 g/mol. The Balaban J connectivity index is 1.68. The molecule has 0 saturated carbocycles. The normalized spacial score (nSPS) is 17.5. The fourth-order valence-corrected chi connectivity index (χ4v) is 3.59. The molecule has 1 aliphatic heterocycles. The van der Waals surface area contributed by atoms with Crippen molar-refractivity contribution in [1.29, 1.82) is 0 Å². The number of benzene rings is 2. The second kappa shape index (κ2) is 8.11. The van der Waals surface area contributed by atoms with Crippen LogP contribution in [0.4, 0.5) is 0 Å². The van der Waals surface area contributed by atoms with Crippen molar-refractivity contribution in [3.63, 3.8) is 0 Å². The first-order valence-corrected chi connectivity index (χ1v) is 8.76. The molecule has 1 N–H and O–H groups in total. The summed E-state index contributed by atoms with van der Waals surface area (Å²) in [4.78, 5) is 13.6. The van der Waals surface area contributed by atoms with Crippen molar-refractivity contribution in [2.24, 2.45) is 5.92 Å². The molecule has 0 aliphatic carbocycles. The Morgan fingerprint density at radius 2 is 1.58 bits per heavy atom. The minimum absolute atomic E-state index is 0.162. The van der Waals surface area contributed by atoms with Crippen LogP contribution in [-0.4, -0.2) is 35.6 Å². The third kappa shape index (κ3) is 4.45. The SMILES string of the molecule is O=C(O)C1CCN(CC(Cc2ccccc2)c2ccccc2)CC1. The number of hydrogen-bond acceptors (Lipinski definition) is 2. The van der Waals surface area contributed by atoms with Crippen molar-refractivity contribution in [1.82, 2.24) is 4.90 Å². The molecule has 0 bridgehead atoms. The Morgan fingerprint density at radius 1 is 1.00 bits per heavy atom. The van der Waals surface area contributed by atoms with Gasteiger partial charge in [-0.3, -0.25) is 4.79 Å². The molecule has 3 heteroatoms. The van der Waals surface area contributed by atoms with Gasteiger partial charge >= 0.3 is 5.97 Å². The van der Waals surface area contributed by atoms with Gasteiger partial charge < -0.3 is 10.0 Å². The van der Waals surface area contributed by atoms with E-state index in [1.807, 2.05) is 0 Å². The van der Waals surface area contributed by atoms with E-state index in [0.717, 1.165) is 38.9 Å². The summed E-state index contributed by atoms with van der Waals surface area (Å²) in [5.74, 6) is -0.362. The molecule has 1 aliphatic rings. The first-order valence-electron chi connectivity index (χ1n) is 8.76. The number of carboxylic acids is 1. The molecule has 0 amide bonds. The zero-order valence-corrected chi connectivity index (χ0v) is 14.0. The van der Waals surface area contributed by atoms with E-state index < -0.39 is 5.97 Å². The highest BCUT2D eigenvalue weighted by Crippen LogP contribution is 2.25. The molecule has 3 nitrogen and oxygen atoms in total. The summed E-state index contributed by atoms with van der Waals surface area (Å²) in [6, 6.07) is 21.3. The molecule has 1 heterocycles. The van der Waals surface area contributed by atoms with E-state index in [1.54, 1.807) is 0 Å². The Bertz CT molecular complexity index is 633. The minimum atomic E-state index is -0.640. The monoisotopic (exact) mass is 323 g/mol. The van der Waals surface area contributed by atoms with Crippen LogP contribution in [0.5, 0.6) is 0 Å². The van der Waals surface area contributed by atoms with Gasteiger partial charge in [-0.2, -0.15) is 0 Å². The lowest BCUT2D eigenvalue weighted by molar-refractivity contribution is -0.143. The first-order chi connectivity index (χ1) is 11.7. The summed E-state index contributed by atoms with van der Waals surface area (Å²) < 4.78 is 0. The topological polar surface area (TPSA) is 40.5 Å². The number of nitrogens with zero attached hydrogens (tertiary/aromatic N) is 1. The number of piperidine rings is 1. The van der Waals surface area contributed by atoms with Gasteiger partial charge in [0, 0.05) is 12.5 Å². The Kier molecular flexibility index (Phi) is 5.65. The number of hydrogen-bond donors (Lipinski definition) is 1. The van der Waals surface area contributed by atoms with Crippen molar-refractivity contribution < 1.29 is 9.90 Å². The molecule has 3 rings (SSSR count). The Morgan fingerprint density at radius 3 is 2.17 bits per heavy atom. The number of rotatable bonds is 6. The van der Waals surface area contributed by atoms with E-state index in [9.17, 15) is 4.79 Å². The first kappa shape index (κ1) is 16.7.